The second-order valence-electron chi connectivity index (χ2n) is 7.97. The van der Waals surface area contributed by atoms with E-state index in [-0.39, 0.29) is 21.5 Å². The van der Waals surface area contributed by atoms with E-state index in [2.05, 4.69) is 13.0 Å². The summed E-state index contributed by atoms with van der Waals surface area (Å²) in [5.74, 6) is -0.284. The third kappa shape index (κ3) is 4.12. The van der Waals surface area contributed by atoms with Crippen LogP contribution in [0, 0.1) is 11.3 Å². The predicted octanol–water partition coefficient (Wildman–Crippen LogP) is 7.21. The maximum atomic E-state index is 12.9. The molecule has 0 saturated carbocycles. The molecule has 1 aliphatic heterocycles. The number of hydrogen-bond acceptors (Lipinski definition) is 6. The lowest BCUT2D eigenvalue weighted by atomic mass is 9.83. The smallest absolute Gasteiger partial charge is 0.355 e. The van der Waals surface area contributed by atoms with Crippen LogP contribution in [0.25, 0.3) is 10.1 Å². The van der Waals surface area contributed by atoms with Crippen molar-refractivity contribution >= 4 is 50.6 Å². The SMILES string of the molecule is CCc1ccc(C2C(C#N)=C(N)Oc3cc(OC(=O)c4sc5cccc(Cl)c5c4Cl)ccc32)cc1. The van der Waals surface area contributed by atoms with E-state index in [1.165, 1.54) is 16.9 Å². The van der Waals surface area contributed by atoms with E-state index in [1.807, 2.05) is 30.3 Å². The zero-order valence-electron chi connectivity index (χ0n) is 18.5. The number of hydrogen-bond donors (Lipinski definition) is 1. The molecule has 0 amide bonds. The van der Waals surface area contributed by atoms with Crippen LogP contribution in [-0.2, 0) is 6.42 Å². The lowest BCUT2D eigenvalue weighted by Crippen LogP contribution is -2.21. The zero-order valence-corrected chi connectivity index (χ0v) is 20.8. The van der Waals surface area contributed by atoms with Crippen molar-refractivity contribution in [1.82, 2.24) is 0 Å². The summed E-state index contributed by atoms with van der Waals surface area (Å²) in [7, 11) is 0. The van der Waals surface area contributed by atoms with E-state index < -0.39 is 11.9 Å². The number of nitrogens with two attached hydrogens (primary N) is 1. The van der Waals surface area contributed by atoms with E-state index in [0.717, 1.165) is 22.2 Å². The lowest BCUT2D eigenvalue weighted by molar-refractivity contribution is 0.0740. The summed E-state index contributed by atoms with van der Waals surface area (Å²) >= 11 is 13.9. The van der Waals surface area contributed by atoms with Gasteiger partial charge in [-0.2, -0.15) is 5.26 Å². The Kier molecular flexibility index (Phi) is 6.16. The van der Waals surface area contributed by atoms with Crippen LogP contribution in [0.3, 0.4) is 0 Å². The number of nitriles is 1. The van der Waals surface area contributed by atoms with Crippen molar-refractivity contribution in [1.29, 1.82) is 5.26 Å². The lowest BCUT2D eigenvalue weighted by Gasteiger charge is -2.26. The van der Waals surface area contributed by atoms with Gasteiger partial charge in [-0.15, -0.1) is 11.3 Å². The average molecular weight is 521 g/mol. The monoisotopic (exact) mass is 520 g/mol. The quantitative estimate of drug-likeness (QED) is 0.227. The van der Waals surface area contributed by atoms with E-state index >= 15 is 0 Å². The molecule has 4 aromatic rings. The van der Waals surface area contributed by atoms with Gasteiger partial charge in [-0.1, -0.05) is 66.5 Å². The Labute approximate surface area is 215 Å². The predicted molar refractivity (Wildman–Crippen MR) is 138 cm³/mol. The van der Waals surface area contributed by atoms with Crippen molar-refractivity contribution in [3.63, 3.8) is 0 Å². The number of benzene rings is 3. The van der Waals surface area contributed by atoms with E-state index in [9.17, 15) is 10.1 Å². The van der Waals surface area contributed by atoms with Crippen LogP contribution in [0.2, 0.25) is 10.0 Å². The molecular formula is C27H18Cl2N2O3S. The number of aryl methyl sites for hydroxylation is 1. The summed E-state index contributed by atoms with van der Waals surface area (Å²) in [6.07, 6.45) is 0.915. The van der Waals surface area contributed by atoms with Crippen molar-refractivity contribution in [3.8, 4) is 17.6 Å². The van der Waals surface area contributed by atoms with Gasteiger partial charge in [0, 0.05) is 21.7 Å². The molecule has 0 aliphatic carbocycles. The van der Waals surface area contributed by atoms with Gasteiger partial charge in [-0.05, 0) is 35.7 Å². The molecule has 2 heterocycles. The van der Waals surface area contributed by atoms with Crippen molar-refractivity contribution in [3.05, 3.63) is 104 Å². The number of ether oxygens (including phenoxy) is 2. The number of nitrogens with zero attached hydrogens (tertiary/aromatic N) is 1. The van der Waals surface area contributed by atoms with Gasteiger partial charge in [0.05, 0.1) is 16.0 Å². The second kappa shape index (κ2) is 9.27. The van der Waals surface area contributed by atoms with Crippen LogP contribution in [0.1, 0.15) is 39.2 Å². The van der Waals surface area contributed by atoms with Gasteiger partial charge in [0.1, 0.15) is 28.0 Å². The first-order valence-corrected chi connectivity index (χ1v) is 12.4. The fourth-order valence-corrected chi connectivity index (χ4v) is 5.97. The van der Waals surface area contributed by atoms with Crippen LogP contribution in [-0.4, -0.2) is 5.97 Å². The van der Waals surface area contributed by atoms with Gasteiger partial charge < -0.3 is 15.2 Å². The zero-order chi connectivity index (χ0) is 24.7. The molecule has 0 spiro atoms. The van der Waals surface area contributed by atoms with E-state index in [4.69, 9.17) is 38.4 Å². The third-order valence-corrected chi connectivity index (χ3v) is 7.85. The Morgan fingerprint density at radius 2 is 1.94 bits per heavy atom. The maximum Gasteiger partial charge on any atom is 0.355 e. The van der Waals surface area contributed by atoms with Crippen LogP contribution in [0.5, 0.6) is 11.5 Å². The number of esters is 1. The minimum Gasteiger partial charge on any atom is -0.440 e. The van der Waals surface area contributed by atoms with Crippen LogP contribution in [0.4, 0.5) is 0 Å². The number of halogens is 2. The van der Waals surface area contributed by atoms with Crippen molar-refractivity contribution in [2.45, 2.75) is 19.3 Å². The first-order chi connectivity index (χ1) is 16.9. The number of allylic oxidation sites excluding steroid dienone is 1. The van der Waals surface area contributed by atoms with Gasteiger partial charge in [-0.25, -0.2) is 4.79 Å². The molecule has 3 aromatic carbocycles. The maximum absolute atomic E-state index is 12.9. The molecule has 174 valence electrons. The molecule has 5 rings (SSSR count). The first-order valence-electron chi connectivity index (χ1n) is 10.8. The summed E-state index contributed by atoms with van der Waals surface area (Å²) in [6, 6.07) is 20.6. The highest BCUT2D eigenvalue weighted by Crippen LogP contribution is 2.44. The minimum atomic E-state index is -0.601. The molecule has 1 aliphatic rings. The van der Waals surface area contributed by atoms with Gasteiger partial charge in [0.25, 0.3) is 0 Å². The Balaban J connectivity index is 1.49. The minimum absolute atomic E-state index is 0.0234. The summed E-state index contributed by atoms with van der Waals surface area (Å²) in [4.78, 5) is 13.2. The summed E-state index contributed by atoms with van der Waals surface area (Å²) in [5, 5.41) is 11.1. The third-order valence-electron chi connectivity index (χ3n) is 5.91. The van der Waals surface area contributed by atoms with Crippen molar-refractivity contribution in [2.24, 2.45) is 5.73 Å². The Bertz CT molecular complexity index is 1550. The Morgan fingerprint density at radius 1 is 1.17 bits per heavy atom. The first kappa shape index (κ1) is 23.3. The molecule has 5 nitrogen and oxygen atoms in total. The highest BCUT2D eigenvalue weighted by Gasteiger charge is 2.31. The van der Waals surface area contributed by atoms with E-state index in [1.54, 1.807) is 30.3 Å². The second-order valence-corrected chi connectivity index (χ2v) is 9.80. The topological polar surface area (TPSA) is 85.3 Å². The van der Waals surface area contributed by atoms with Crippen LogP contribution in [0.15, 0.2) is 72.1 Å². The van der Waals surface area contributed by atoms with Gasteiger partial charge in [0.15, 0.2) is 0 Å². The number of carbonyl (C=O) groups excluding carboxylic acids is 1. The summed E-state index contributed by atoms with van der Waals surface area (Å²) < 4.78 is 12.2. The number of carbonyl (C=O) groups is 1. The Hall–Kier alpha value is -3.50. The summed E-state index contributed by atoms with van der Waals surface area (Å²) in [6.45, 7) is 2.08. The number of rotatable bonds is 4. The summed E-state index contributed by atoms with van der Waals surface area (Å²) in [5.41, 5.74) is 9.31. The van der Waals surface area contributed by atoms with Crippen LogP contribution >= 0.6 is 34.5 Å². The molecular weight excluding hydrogens is 503 g/mol. The Morgan fingerprint density at radius 3 is 2.63 bits per heavy atom. The van der Waals surface area contributed by atoms with Crippen molar-refractivity contribution in [2.75, 3.05) is 0 Å². The molecule has 1 unspecified atom stereocenters. The normalized spacial score (nSPS) is 14.9. The van der Waals surface area contributed by atoms with Gasteiger partial charge in [0.2, 0.25) is 5.88 Å². The van der Waals surface area contributed by atoms with Gasteiger partial charge in [-0.3, -0.25) is 0 Å². The molecule has 0 bridgehead atoms. The van der Waals surface area contributed by atoms with Crippen LogP contribution < -0.4 is 15.2 Å². The average Bonchev–Trinajstić information content (AvgIpc) is 3.21. The highest BCUT2D eigenvalue weighted by atomic mass is 35.5. The molecule has 0 fully saturated rings. The molecule has 0 saturated heterocycles. The number of thiophene rings is 1. The molecule has 0 radical (unpaired) electrons. The van der Waals surface area contributed by atoms with Crippen molar-refractivity contribution < 1.29 is 14.3 Å². The standard InChI is InChI=1S/C27H18Cl2N2O3S/c1-2-14-6-8-15(9-7-14)22-17-11-10-16(12-20(17)34-26(31)18(22)13-30)33-27(32)25-24(29)23-19(28)4-3-5-21(23)35-25/h3-12,22H,2,31H2,1H3. The fourth-order valence-electron chi connectivity index (χ4n) is 4.14. The molecule has 1 atom stereocenters. The molecule has 35 heavy (non-hydrogen) atoms. The molecule has 8 heteroatoms. The van der Waals surface area contributed by atoms with E-state index in [0.29, 0.717) is 21.7 Å². The highest BCUT2D eigenvalue weighted by molar-refractivity contribution is 7.21. The molecule has 2 N–H and O–H groups in total. The molecule has 1 aromatic heterocycles. The fraction of sp³-hybridized carbons (Fsp3) is 0.111. The van der Waals surface area contributed by atoms with Gasteiger partial charge >= 0.3 is 5.97 Å². The largest absolute Gasteiger partial charge is 0.440 e. The number of fused-ring (bicyclic) bond motifs is 2.